The van der Waals surface area contributed by atoms with Crippen molar-refractivity contribution < 1.29 is 9.15 Å². The van der Waals surface area contributed by atoms with Crippen LogP contribution in [0.1, 0.15) is 22.3 Å². The second-order valence-electron chi connectivity index (χ2n) is 14.1. The maximum atomic E-state index is 6.93. The minimum atomic E-state index is -0.646. The van der Waals surface area contributed by atoms with Gasteiger partial charge in [0.1, 0.15) is 22.7 Å². The number of nitrogens with one attached hydrogen (secondary N) is 1. The largest absolute Gasteiger partial charge is 0.457 e. The van der Waals surface area contributed by atoms with Crippen LogP contribution in [0, 0.1) is 0 Å². The molecule has 0 amide bonds. The normalized spacial score (nSPS) is 13.7. The van der Waals surface area contributed by atoms with Crippen LogP contribution in [0.15, 0.2) is 174 Å². The van der Waals surface area contributed by atoms with Gasteiger partial charge in [0, 0.05) is 49.3 Å². The number of H-pyrrole nitrogens is 1. The summed E-state index contributed by atoms with van der Waals surface area (Å²) in [7, 11) is 0. The van der Waals surface area contributed by atoms with Crippen molar-refractivity contribution in [2.24, 2.45) is 0 Å². The van der Waals surface area contributed by atoms with E-state index in [1.807, 2.05) is 0 Å². The van der Waals surface area contributed by atoms with Crippen molar-refractivity contribution in [3.05, 3.63) is 192 Å². The highest BCUT2D eigenvalue weighted by molar-refractivity contribution is 6.20. The first-order chi connectivity index (χ1) is 25.8. The summed E-state index contributed by atoms with van der Waals surface area (Å²) in [5, 5.41) is 4.68. The van der Waals surface area contributed by atoms with Crippen molar-refractivity contribution in [1.29, 1.82) is 0 Å². The Bertz CT molecular complexity index is 3060. The molecule has 0 saturated carbocycles. The fourth-order valence-electron chi connectivity index (χ4n) is 9.31. The number of hydrogen-bond acceptors (Lipinski definition) is 2. The van der Waals surface area contributed by atoms with Gasteiger partial charge in [-0.2, -0.15) is 0 Å². The first-order valence-electron chi connectivity index (χ1n) is 17.8. The van der Waals surface area contributed by atoms with E-state index in [9.17, 15) is 0 Å². The lowest BCUT2D eigenvalue weighted by Gasteiger charge is -2.39. The van der Waals surface area contributed by atoms with E-state index >= 15 is 0 Å². The smallest absolute Gasteiger partial charge is 0.143 e. The number of para-hydroxylation sites is 4. The fourth-order valence-corrected chi connectivity index (χ4v) is 9.31. The van der Waals surface area contributed by atoms with E-state index in [1.165, 1.54) is 44.2 Å². The van der Waals surface area contributed by atoms with Crippen molar-refractivity contribution >= 4 is 43.7 Å². The number of fused-ring (bicyclic) bond motifs is 16. The molecule has 2 aromatic heterocycles. The van der Waals surface area contributed by atoms with Crippen LogP contribution in [-0.2, 0) is 5.41 Å². The molecule has 2 aliphatic rings. The second kappa shape index (κ2) is 10.1. The van der Waals surface area contributed by atoms with Crippen LogP contribution < -0.4 is 4.74 Å². The topological polar surface area (TPSA) is 38.2 Å². The van der Waals surface area contributed by atoms with Crippen LogP contribution in [0.3, 0.4) is 0 Å². The molecular weight excluding hydrogens is 635 g/mol. The summed E-state index contributed by atoms with van der Waals surface area (Å²) in [6.07, 6.45) is 0. The molecule has 242 valence electrons. The molecule has 1 N–H and O–H groups in total. The summed E-state index contributed by atoms with van der Waals surface area (Å²) < 4.78 is 13.7. The van der Waals surface area contributed by atoms with Crippen LogP contribution in [0.4, 0.5) is 0 Å². The molecule has 0 saturated heterocycles. The average molecular weight is 664 g/mol. The summed E-state index contributed by atoms with van der Waals surface area (Å²) in [5.41, 5.74) is 15.2. The molecule has 8 aromatic carbocycles. The van der Waals surface area contributed by atoms with Gasteiger partial charge in [-0.15, -0.1) is 0 Å². The van der Waals surface area contributed by atoms with E-state index < -0.39 is 5.41 Å². The molecule has 0 fully saturated rings. The predicted molar refractivity (Wildman–Crippen MR) is 211 cm³/mol. The van der Waals surface area contributed by atoms with Gasteiger partial charge >= 0.3 is 0 Å². The highest BCUT2D eigenvalue weighted by Crippen LogP contribution is 2.65. The Morgan fingerprint density at radius 2 is 1.10 bits per heavy atom. The van der Waals surface area contributed by atoms with Gasteiger partial charge in [0.2, 0.25) is 0 Å². The third kappa shape index (κ3) is 3.54. The van der Waals surface area contributed by atoms with Gasteiger partial charge in [-0.3, -0.25) is 0 Å². The molecule has 0 radical (unpaired) electrons. The van der Waals surface area contributed by atoms with Crippen LogP contribution in [-0.4, -0.2) is 4.98 Å². The Morgan fingerprint density at radius 3 is 1.92 bits per heavy atom. The zero-order valence-electron chi connectivity index (χ0n) is 28.0. The first kappa shape index (κ1) is 27.9. The van der Waals surface area contributed by atoms with Gasteiger partial charge < -0.3 is 14.1 Å². The van der Waals surface area contributed by atoms with Gasteiger partial charge in [-0.25, -0.2) is 0 Å². The number of ether oxygens (including phenoxy) is 1. The molecule has 3 heteroatoms. The fraction of sp³-hybridized carbons (Fsp3) is 0.0204. The highest BCUT2D eigenvalue weighted by atomic mass is 16.5. The number of hydrogen-bond donors (Lipinski definition) is 1. The van der Waals surface area contributed by atoms with Crippen LogP contribution in [0.25, 0.3) is 77.1 Å². The minimum absolute atomic E-state index is 0.646. The van der Waals surface area contributed by atoms with Crippen LogP contribution in [0.5, 0.6) is 11.5 Å². The molecule has 3 heterocycles. The second-order valence-corrected chi connectivity index (χ2v) is 14.1. The van der Waals surface area contributed by atoms with E-state index in [4.69, 9.17) is 9.15 Å². The summed E-state index contributed by atoms with van der Waals surface area (Å²) >= 11 is 0. The highest BCUT2D eigenvalue weighted by Gasteiger charge is 2.52. The van der Waals surface area contributed by atoms with Crippen molar-refractivity contribution in [2.75, 3.05) is 0 Å². The summed E-state index contributed by atoms with van der Waals surface area (Å²) in [6.45, 7) is 0. The zero-order chi connectivity index (χ0) is 34.0. The SMILES string of the molecule is c1ccc(-c2ccc3c(c2)C2(c4ccccc4Oc4ccccc42)c2cc(-c4ccc5[nH]c6ccccc6c5c4)c4oc5ccccc5c4c2-3)cc1. The third-order valence-electron chi connectivity index (χ3n) is 11.5. The zero-order valence-corrected chi connectivity index (χ0v) is 28.0. The lowest BCUT2D eigenvalue weighted by atomic mass is 9.65. The Hall–Kier alpha value is -6.84. The van der Waals surface area contributed by atoms with Crippen LogP contribution in [0.2, 0.25) is 0 Å². The lowest BCUT2D eigenvalue weighted by Crippen LogP contribution is -2.32. The molecule has 10 aromatic rings. The Morgan fingerprint density at radius 1 is 0.423 bits per heavy atom. The first-order valence-corrected chi connectivity index (χ1v) is 17.8. The van der Waals surface area contributed by atoms with Gasteiger partial charge in [-0.05, 0) is 87.5 Å². The number of furan rings is 1. The lowest BCUT2D eigenvalue weighted by molar-refractivity contribution is 0.436. The molecular formula is C49H29NO2. The number of rotatable bonds is 2. The predicted octanol–water partition coefficient (Wildman–Crippen LogP) is 13.0. The minimum Gasteiger partial charge on any atom is -0.457 e. The molecule has 0 unspecified atom stereocenters. The Kier molecular flexibility index (Phi) is 5.43. The summed E-state index contributed by atoms with van der Waals surface area (Å²) in [6, 6.07) is 61.2. The molecule has 0 atom stereocenters. The quantitative estimate of drug-likeness (QED) is 0.200. The van der Waals surface area contributed by atoms with Crippen molar-refractivity contribution in [3.8, 4) is 44.9 Å². The van der Waals surface area contributed by atoms with E-state index in [0.717, 1.165) is 66.7 Å². The van der Waals surface area contributed by atoms with Gasteiger partial charge in [0.15, 0.2) is 0 Å². The molecule has 12 rings (SSSR count). The number of aromatic amines is 1. The molecule has 1 aliphatic heterocycles. The van der Waals surface area contributed by atoms with Gasteiger partial charge in [-0.1, -0.05) is 121 Å². The van der Waals surface area contributed by atoms with E-state index in [2.05, 4.69) is 175 Å². The Labute approximate surface area is 299 Å². The van der Waals surface area contributed by atoms with E-state index in [-0.39, 0.29) is 0 Å². The molecule has 0 bridgehead atoms. The standard InChI is InChI=1S/C49H29NO2/c1-2-12-29(13-3-1)30-22-24-33-39(27-30)49(37-16-6-10-20-44(37)51-45-21-11-7-17-38(45)49)40-28-35(48-47(46(33)40)34-15-5-9-19-43(34)52-48)31-23-25-42-36(26-31)32-14-4-8-18-41(32)50-42/h1-28,50H. The van der Waals surface area contributed by atoms with E-state index in [1.54, 1.807) is 0 Å². The Balaban J connectivity index is 1.27. The maximum Gasteiger partial charge on any atom is 0.143 e. The number of benzene rings is 8. The van der Waals surface area contributed by atoms with Crippen molar-refractivity contribution in [2.45, 2.75) is 5.41 Å². The molecule has 1 aliphatic carbocycles. The molecule has 52 heavy (non-hydrogen) atoms. The monoisotopic (exact) mass is 663 g/mol. The maximum absolute atomic E-state index is 6.93. The average Bonchev–Trinajstić information content (AvgIpc) is 3.86. The van der Waals surface area contributed by atoms with Crippen LogP contribution >= 0.6 is 0 Å². The number of aromatic nitrogens is 1. The van der Waals surface area contributed by atoms with E-state index in [0.29, 0.717) is 0 Å². The summed E-state index contributed by atoms with van der Waals surface area (Å²) in [4.78, 5) is 3.62. The summed E-state index contributed by atoms with van der Waals surface area (Å²) in [5.74, 6) is 1.76. The van der Waals surface area contributed by atoms with Gasteiger partial charge in [0.05, 0.1) is 5.41 Å². The van der Waals surface area contributed by atoms with Crippen molar-refractivity contribution in [1.82, 2.24) is 4.98 Å². The molecule has 3 nitrogen and oxygen atoms in total. The molecule has 1 spiro atoms. The third-order valence-corrected chi connectivity index (χ3v) is 11.5. The van der Waals surface area contributed by atoms with Gasteiger partial charge in [0.25, 0.3) is 0 Å². The van der Waals surface area contributed by atoms with Crippen molar-refractivity contribution in [3.63, 3.8) is 0 Å².